The summed E-state index contributed by atoms with van der Waals surface area (Å²) in [6.45, 7) is 0. The summed E-state index contributed by atoms with van der Waals surface area (Å²) in [5.74, 6) is 1.09. The highest BCUT2D eigenvalue weighted by molar-refractivity contribution is 5.75. The molecule has 2 aliphatic carbocycles. The van der Waals surface area contributed by atoms with E-state index in [2.05, 4.69) is 15.6 Å². The van der Waals surface area contributed by atoms with Crippen LogP contribution in [-0.4, -0.2) is 14.5 Å². The Hall–Kier alpha value is -1.42. The summed E-state index contributed by atoms with van der Waals surface area (Å²) in [5.41, 5.74) is 8.47. The number of imidazole rings is 1. The fourth-order valence-corrected chi connectivity index (χ4v) is 2.79. The zero-order chi connectivity index (χ0) is 11.5. The highest BCUT2D eigenvalue weighted by Crippen LogP contribution is 2.45. The highest BCUT2D eigenvalue weighted by Gasteiger charge is 2.41. The lowest BCUT2D eigenvalue weighted by molar-refractivity contribution is 0.231. The number of hydrogen-bond acceptors (Lipinski definition) is 3. The predicted molar refractivity (Wildman–Crippen MR) is 65.5 cm³/mol. The molecule has 0 spiro atoms. The van der Waals surface area contributed by atoms with Crippen molar-refractivity contribution in [1.82, 2.24) is 14.5 Å². The lowest BCUT2D eigenvalue weighted by Crippen LogP contribution is -2.45. The fourth-order valence-electron chi connectivity index (χ4n) is 2.79. The van der Waals surface area contributed by atoms with E-state index in [1.165, 1.54) is 24.8 Å². The Bertz CT molecular complexity index is 578. The number of pyridine rings is 1. The van der Waals surface area contributed by atoms with Crippen molar-refractivity contribution in [3.8, 4) is 0 Å². The van der Waals surface area contributed by atoms with Gasteiger partial charge < -0.3 is 10.3 Å². The molecule has 0 atom stereocenters. The molecule has 2 N–H and O–H groups in total. The van der Waals surface area contributed by atoms with E-state index >= 15 is 0 Å². The van der Waals surface area contributed by atoms with Crippen molar-refractivity contribution in [1.29, 1.82) is 0 Å². The number of nitrogens with zero attached hydrogens (tertiary/aromatic N) is 3. The molecule has 2 aliphatic rings. The summed E-state index contributed by atoms with van der Waals surface area (Å²) < 4.78 is 2.37. The van der Waals surface area contributed by atoms with Gasteiger partial charge >= 0.3 is 0 Å². The minimum absolute atomic E-state index is 0.179. The normalized spacial score (nSPS) is 22.6. The Kier molecular flexibility index (Phi) is 1.73. The lowest BCUT2D eigenvalue weighted by Gasteiger charge is -2.37. The van der Waals surface area contributed by atoms with Crippen LogP contribution in [0.1, 0.15) is 44.0 Å². The number of fused-ring (bicyclic) bond motifs is 1. The largest absolute Gasteiger partial charge is 0.323 e. The van der Waals surface area contributed by atoms with Crippen LogP contribution in [0, 0.1) is 0 Å². The first-order chi connectivity index (χ1) is 8.28. The molecule has 4 nitrogen and oxygen atoms in total. The number of rotatable bonds is 2. The van der Waals surface area contributed by atoms with Gasteiger partial charge in [-0.05, 0) is 38.2 Å². The molecule has 0 amide bonds. The lowest BCUT2D eigenvalue weighted by atomic mass is 9.77. The molecular weight excluding hydrogens is 212 g/mol. The Morgan fingerprint density at radius 3 is 2.82 bits per heavy atom. The topological polar surface area (TPSA) is 56.7 Å². The monoisotopic (exact) mass is 228 g/mol. The molecule has 2 aromatic heterocycles. The second-order valence-electron chi connectivity index (χ2n) is 5.41. The molecule has 2 heterocycles. The second-order valence-corrected chi connectivity index (χ2v) is 5.41. The summed E-state index contributed by atoms with van der Waals surface area (Å²) in [7, 11) is 0. The molecule has 2 saturated carbocycles. The van der Waals surface area contributed by atoms with Gasteiger partial charge in [-0.25, -0.2) is 4.98 Å². The molecule has 4 heteroatoms. The van der Waals surface area contributed by atoms with Crippen LogP contribution >= 0.6 is 0 Å². The van der Waals surface area contributed by atoms with Gasteiger partial charge in [0.1, 0.15) is 11.3 Å². The zero-order valence-corrected chi connectivity index (χ0v) is 9.76. The molecule has 0 aromatic carbocycles. The van der Waals surface area contributed by atoms with E-state index < -0.39 is 0 Å². The standard InChI is InChI=1S/C13H16N4/c14-13(5-1-6-13)12-16-10-8-15-7-4-11(10)17(12)9-2-3-9/h4,7-9H,1-3,5-6,14H2. The van der Waals surface area contributed by atoms with E-state index in [1.807, 2.05) is 12.4 Å². The van der Waals surface area contributed by atoms with Gasteiger partial charge in [0.2, 0.25) is 0 Å². The summed E-state index contributed by atoms with van der Waals surface area (Å²) in [4.78, 5) is 8.90. The Morgan fingerprint density at radius 2 is 2.18 bits per heavy atom. The average molecular weight is 228 g/mol. The zero-order valence-electron chi connectivity index (χ0n) is 9.76. The third-order valence-electron chi connectivity index (χ3n) is 4.09. The van der Waals surface area contributed by atoms with Crippen molar-refractivity contribution < 1.29 is 0 Å². The van der Waals surface area contributed by atoms with Crippen molar-refractivity contribution in [2.45, 2.75) is 43.7 Å². The summed E-state index contributed by atoms with van der Waals surface area (Å²) >= 11 is 0. The molecular formula is C13H16N4. The molecule has 4 rings (SSSR count). The van der Waals surface area contributed by atoms with Crippen LogP contribution in [-0.2, 0) is 5.54 Å². The minimum Gasteiger partial charge on any atom is -0.323 e. The molecule has 0 radical (unpaired) electrons. The average Bonchev–Trinajstić information content (AvgIpc) is 3.06. The molecule has 2 aromatic rings. The second kappa shape index (κ2) is 3.07. The SMILES string of the molecule is NC1(c2nc3cnccc3n2C2CC2)CCC1. The van der Waals surface area contributed by atoms with Gasteiger partial charge in [-0.15, -0.1) is 0 Å². The van der Waals surface area contributed by atoms with Crippen LogP contribution in [0.3, 0.4) is 0 Å². The first kappa shape index (κ1) is 9.59. The first-order valence-electron chi connectivity index (χ1n) is 6.39. The van der Waals surface area contributed by atoms with Crippen molar-refractivity contribution >= 4 is 11.0 Å². The Morgan fingerprint density at radius 1 is 1.35 bits per heavy atom. The van der Waals surface area contributed by atoms with Gasteiger partial charge in [0.25, 0.3) is 0 Å². The van der Waals surface area contributed by atoms with Gasteiger partial charge in [-0.1, -0.05) is 0 Å². The Balaban J connectivity index is 1.98. The molecule has 0 saturated heterocycles. The Labute approximate surface area is 99.9 Å². The minimum atomic E-state index is -0.179. The smallest absolute Gasteiger partial charge is 0.130 e. The summed E-state index contributed by atoms with van der Waals surface area (Å²) in [6, 6.07) is 2.69. The molecule has 0 unspecified atom stereocenters. The van der Waals surface area contributed by atoms with Crippen molar-refractivity contribution in [3.05, 3.63) is 24.3 Å². The molecule has 17 heavy (non-hydrogen) atoms. The third-order valence-corrected chi connectivity index (χ3v) is 4.09. The quantitative estimate of drug-likeness (QED) is 0.856. The van der Waals surface area contributed by atoms with Crippen molar-refractivity contribution in [2.75, 3.05) is 0 Å². The first-order valence-corrected chi connectivity index (χ1v) is 6.39. The van der Waals surface area contributed by atoms with E-state index in [4.69, 9.17) is 10.7 Å². The van der Waals surface area contributed by atoms with E-state index in [0.29, 0.717) is 6.04 Å². The van der Waals surface area contributed by atoms with Gasteiger partial charge in [-0.3, -0.25) is 4.98 Å². The maximum Gasteiger partial charge on any atom is 0.130 e. The maximum atomic E-state index is 6.45. The van der Waals surface area contributed by atoms with E-state index in [-0.39, 0.29) is 5.54 Å². The molecule has 88 valence electrons. The number of aromatic nitrogens is 3. The van der Waals surface area contributed by atoms with Crippen LogP contribution in [0.25, 0.3) is 11.0 Å². The van der Waals surface area contributed by atoms with Gasteiger partial charge in [-0.2, -0.15) is 0 Å². The van der Waals surface area contributed by atoms with Crippen LogP contribution < -0.4 is 5.73 Å². The third kappa shape index (κ3) is 1.27. The summed E-state index contributed by atoms with van der Waals surface area (Å²) in [6.07, 6.45) is 9.57. The summed E-state index contributed by atoms with van der Waals surface area (Å²) in [5, 5.41) is 0. The number of nitrogens with two attached hydrogens (primary N) is 1. The van der Waals surface area contributed by atoms with E-state index in [9.17, 15) is 0 Å². The van der Waals surface area contributed by atoms with Crippen LogP contribution in [0.15, 0.2) is 18.5 Å². The van der Waals surface area contributed by atoms with Crippen molar-refractivity contribution in [3.63, 3.8) is 0 Å². The molecule has 2 fully saturated rings. The molecule has 0 bridgehead atoms. The highest BCUT2D eigenvalue weighted by atomic mass is 15.2. The van der Waals surface area contributed by atoms with Crippen LogP contribution in [0.4, 0.5) is 0 Å². The van der Waals surface area contributed by atoms with Gasteiger partial charge in [0.05, 0.1) is 17.3 Å². The van der Waals surface area contributed by atoms with Crippen LogP contribution in [0.5, 0.6) is 0 Å². The van der Waals surface area contributed by atoms with Gasteiger partial charge in [0.15, 0.2) is 0 Å². The number of hydrogen-bond donors (Lipinski definition) is 1. The fraction of sp³-hybridized carbons (Fsp3) is 0.538. The van der Waals surface area contributed by atoms with Crippen molar-refractivity contribution in [2.24, 2.45) is 5.73 Å². The van der Waals surface area contributed by atoms with Gasteiger partial charge in [0, 0.05) is 12.2 Å². The van der Waals surface area contributed by atoms with Crippen LogP contribution in [0.2, 0.25) is 0 Å². The maximum absolute atomic E-state index is 6.45. The van der Waals surface area contributed by atoms with E-state index in [0.717, 1.165) is 24.2 Å². The predicted octanol–water partition coefficient (Wildman–Crippen LogP) is 2.10. The van der Waals surface area contributed by atoms with E-state index in [1.54, 1.807) is 0 Å². The molecule has 0 aliphatic heterocycles.